The average Bonchev–Trinajstić information content (AvgIpc) is 2.01. The van der Waals surface area contributed by atoms with E-state index in [1.807, 2.05) is 0 Å². The first-order chi connectivity index (χ1) is 4.60. The topological polar surface area (TPSA) is 52.6 Å². The molecule has 0 aliphatic rings. The standard InChI is InChI=1S/C5H11O4P/c1-5(4-6)10(7,8-2)9-3/h4-5H,1-3H3. The molecule has 0 saturated carbocycles. The third-order valence-corrected chi connectivity index (χ3v) is 3.34. The fourth-order valence-corrected chi connectivity index (χ4v) is 1.44. The van der Waals surface area contributed by atoms with Gasteiger partial charge in [0, 0.05) is 14.2 Å². The zero-order chi connectivity index (χ0) is 8.20. The van der Waals surface area contributed by atoms with Crippen molar-refractivity contribution in [3.63, 3.8) is 0 Å². The normalized spacial score (nSPS) is 14.7. The van der Waals surface area contributed by atoms with Crippen molar-refractivity contribution in [3.8, 4) is 0 Å². The summed E-state index contributed by atoms with van der Waals surface area (Å²) in [7, 11) is -0.632. The van der Waals surface area contributed by atoms with Crippen molar-refractivity contribution >= 4 is 13.9 Å². The summed E-state index contributed by atoms with van der Waals surface area (Å²) in [4.78, 5) is 10.1. The molecule has 0 rings (SSSR count). The van der Waals surface area contributed by atoms with E-state index in [0.717, 1.165) is 0 Å². The van der Waals surface area contributed by atoms with Crippen molar-refractivity contribution in [2.75, 3.05) is 14.2 Å². The van der Waals surface area contributed by atoms with E-state index in [1.54, 1.807) is 0 Å². The Labute approximate surface area is 60.1 Å². The molecule has 1 unspecified atom stereocenters. The van der Waals surface area contributed by atoms with E-state index in [4.69, 9.17) is 0 Å². The molecule has 0 aliphatic heterocycles. The Balaban J connectivity index is 4.32. The van der Waals surface area contributed by atoms with Crippen LogP contribution in [0.25, 0.3) is 0 Å². The van der Waals surface area contributed by atoms with E-state index in [2.05, 4.69) is 9.05 Å². The Morgan fingerprint density at radius 1 is 1.40 bits per heavy atom. The molecule has 0 aromatic carbocycles. The molecule has 0 bridgehead atoms. The summed E-state index contributed by atoms with van der Waals surface area (Å²) in [5, 5.41) is 0. The lowest BCUT2D eigenvalue weighted by atomic mass is 10.5. The second kappa shape index (κ2) is 3.86. The van der Waals surface area contributed by atoms with Crippen LogP contribution in [0.3, 0.4) is 0 Å². The third-order valence-electron chi connectivity index (χ3n) is 1.20. The maximum Gasteiger partial charge on any atom is 0.339 e. The molecule has 1 atom stereocenters. The van der Waals surface area contributed by atoms with Gasteiger partial charge in [0.15, 0.2) is 0 Å². The van der Waals surface area contributed by atoms with Crippen LogP contribution in [0.15, 0.2) is 0 Å². The van der Waals surface area contributed by atoms with Crippen molar-refractivity contribution < 1.29 is 18.4 Å². The molecule has 0 saturated heterocycles. The minimum Gasteiger partial charge on any atom is -0.311 e. The molecule has 0 aliphatic carbocycles. The molecule has 5 heteroatoms. The minimum atomic E-state index is -3.14. The van der Waals surface area contributed by atoms with Gasteiger partial charge in [0.25, 0.3) is 0 Å². The van der Waals surface area contributed by atoms with Crippen molar-refractivity contribution in [1.82, 2.24) is 0 Å². The van der Waals surface area contributed by atoms with Crippen LogP contribution in [0.1, 0.15) is 6.92 Å². The summed E-state index contributed by atoms with van der Waals surface area (Å²) in [5.41, 5.74) is -0.692. The van der Waals surface area contributed by atoms with E-state index in [9.17, 15) is 9.36 Å². The fourth-order valence-electron chi connectivity index (χ4n) is 0.482. The monoisotopic (exact) mass is 166 g/mol. The predicted octanol–water partition coefficient (Wildman–Crippen LogP) is 1.06. The van der Waals surface area contributed by atoms with Crippen LogP contribution in [0, 0.1) is 0 Å². The quantitative estimate of drug-likeness (QED) is 0.462. The van der Waals surface area contributed by atoms with Crippen LogP contribution >= 0.6 is 7.60 Å². The van der Waals surface area contributed by atoms with Crippen LogP contribution in [0.5, 0.6) is 0 Å². The highest BCUT2D eigenvalue weighted by Gasteiger charge is 2.29. The van der Waals surface area contributed by atoms with Gasteiger partial charge >= 0.3 is 7.60 Å². The highest BCUT2D eigenvalue weighted by Crippen LogP contribution is 2.50. The number of rotatable bonds is 4. The molecular weight excluding hydrogens is 155 g/mol. The zero-order valence-corrected chi connectivity index (χ0v) is 7.13. The molecule has 0 aromatic heterocycles. The molecule has 0 spiro atoms. The number of hydrogen-bond donors (Lipinski definition) is 0. The van der Waals surface area contributed by atoms with Crippen LogP contribution in [0.2, 0.25) is 0 Å². The van der Waals surface area contributed by atoms with E-state index >= 15 is 0 Å². The van der Waals surface area contributed by atoms with Gasteiger partial charge in [0.2, 0.25) is 0 Å². The first-order valence-electron chi connectivity index (χ1n) is 2.77. The van der Waals surface area contributed by atoms with Crippen molar-refractivity contribution in [2.24, 2.45) is 0 Å². The Bertz CT molecular complexity index is 148. The summed E-state index contributed by atoms with van der Waals surface area (Å²) in [6.45, 7) is 1.49. The summed E-state index contributed by atoms with van der Waals surface area (Å²) >= 11 is 0. The van der Waals surface area contributed by atoms with Crippen LogP contribution < -0.4 is 0 Å². The molecule has 0 amide bonds. The number of hydrogen-bond acceptors (Lipinski definition) is 4. The molecule has 0 radical (unpaired) electrons. The largest absolute Gasteiger partial charge is 0.339 e. The average molecular weight is 166 g/mol. The molecular formula is C5H11O4P. The molecule has 0 aromatic rings. The lowest BCUT2D eigenvalue weighted by molar-refractivity contribution is -0.107. The van der Waals surface area contributed by atoms with E-state index in [1.165, 1.54) is 21.1 Å². The van der Waals surface area contributed by atoms with Gasteiger partial charge in [-0.2, -0.15) is 0 Å². The SMILES string of the molecule is COP(=O)(OC)C(C)C=O. The predicted molar refractivity (Wildman–Crippen MR) is 37.2 cm³/mol. The van der Waals surface area contributed by atoms with Gasteiger partial charge in [-0.05, 0) is 6.92 Å². The summed E-state index contributed by atoms with van der Waals surface area (Å²) < 4.78 is 20.3. The molecule has 0 N–H and O–H groups in total. The van der Waals surface area contributed by atoms with Crippen molar-refractivity contribution in [2.45, 2.75) is 12.6 Å². The van der Waals surface area contributed by atoms with E-state index < -0.39 is 13.3 Å². The summed E-state index contributed by atoms with van der Waals surface area (Å²) in [6.07, 6.45) is 0.549. The fraction of sp³-hybridized carbons (Fsp3) is 0.800. The van der Waals surface area contributed by atoms with Gasteiger partial charge < -0.3 is 13.8 Å². The first kappa shape index (κ1) is 9.82. The Morgan fingerprint density at radius 2 is 1.80 bits per heavy atom. The highest BCUT2D eigenvalue weighted by atomic mass is 31.2. The molecule has 10 heavy (non-hydrogen) atoms. The van der Waals surface area contributed by atoms with Gasteiger partial charge in [-0.15, -0.1) is 0 Å². The smallest absolute Gasteiger partial charge is 0.311 e. The lowest BCUT2D eigenvalue weighted by Gasteiger charge is -2.15. The second-order valence-electron chi connectivity index (χ2n) is 1.78. The van der Waals surface area contributed by atoms with Gasteiger partial charge in [0.1, 0.15) is 11.9 Å². The van der Waals surface area contributed by atoms with E-state index in [-0.39, 0.29) is 0 Å². The highest BCUT2D eigenvalue weighted by molar-refractivity contribution is 7.55. The molecule has 0 heterocycles. The second-order valence-corrected chi connectivity index (χ2v) is 4.41. The van der Waals surface area contributed by atoms with Crippen LogP contribution in [0.4, 0.5) is 0 Å². The maximum atomic E-state index is 11.2. The van der Waals surface area contributed by atoms with Gasteiger partial charge in [-0.3, -0.25) is 4.57 Å². The number of carbonyl (C=O) groups is 1. The Hall–Kier alpha value is -0.180. The first-order valence-corrected chi connectivity index (χ1v) is 4.38. The third kappa shape index (κ3) is 1.90. The molecule has 0 fully saturated rings. The minimum absolute atomic E-state index is 0.549. The lowest BCUT2D eigenvalue weighted by Crippen LogP contribution is -2.07. The maximum absolute atomic E-state index is 11.2. The Morgan fingerprint density at radius 3 is 1.90 bits per heavy atom. The van der Waals surface area contributed by atoms with E-state index in [0.29, 0.717) is 6.29 Å². The van der Waals surface area contributed by atoms with Crippen molar-refractivity contribution in [3.05, 3.63) is 0 Å². The van der Waals surface area contributed by atoms with Gasteiger partial charge in [0.05, 0.1) is 0 Å². The summed E-state index contributed by atoms with van der Waals surface area (Å²) in [6, 6.07) is 0. The number of carbonyl (C=O) groups excluding carboxylic acids is 1. The van der Waals surface area contributed by atoms with Gasteiger partial charge in [-0.25, -0.2) is 0 Å². The zero-order valence-electron chi connectivity index (χ0n) is 6.23. The molecule has 60 valence electrons. The number of aldehydes is 1. The van der Waals surface area contributed by atoms with Crippen molar-refractivity contribution in [1.29, 1.82) is 0 Å². The van der Waals surface area contributed by atoms with Crippen LogP contribution in [-0.2, 0) is 18.4 Å². The van der Waals surface area contributed by atoms with Gasteiger partial charge in [-0.1, -0.05) is 0 Å². The summed E-state index contributed by atoms with van der Waals surface area (Å²) in [5.74, 6) is 0. The Kier molecular flexibility index (Phi) is 3.79. The van der Waals surface area contributed by atoms with Crippen LogP contribution in [-0.4, -0.2) is 26.2 Å². The molecule has 4 nitrogen and oxygen atoms in total.